The summed E-state index contributed by atoms with van der Waals surface area (Å²) in [5, 5.41) is 0.778. The Hall–Kier alpha value is -2.55. The number of esters is 1. The third-order valence-electron chi connectivity index (χ3n) is 4.20. The van der Waals surface area contributed by atoms with E-state index in [2.05, 4.69) is 4.99 Å². The molecule has 0 bridgehead atoms. The number of carbonyl (C=O) groups excluding carboxylic acids is 2. The number of thiazole rings is 1. The first-order chi connectivity index (χ1) is 14.0. The fourth-order valence-electron chi connectivity index (χ4n) is 2.86. The molecule has 1 aliphatic rings. The van der Waals surface area contributed by atoms with Crippen LogP contribution in [0.5, 0.6) is 11.5 Å². The Morgan fingerprint density at radius 1 is 1.28 bits per heavy atom. The maximum absolute atomic E-state index is 12.8. The SMILES string of the molecule is COC(=O)Cn1c(=NC(=O)C2COc3ccccc3O2)sc2cc(Cl)cc(Cl)c21. The number of benzene rings is 2. The lowest BCUT2D eigenvalue weighted by Crippen LogP contribution is -2.37. The van der Waals surface area contributed by atoms with Gasteiger partial charge in [-0.3, -0.25) is 9.59 Å². The molecule has 2 aromatic carbocycles. The summed E-state index contributed by atoms with van der Waals surface area (Å²) in [6.07, 6.45) is -0.902. The van der Waals surface area contributed by atoms with Crippen LogP contribution in [-0.4, -0.2) is 36.3 Å². The molecule has 0 fully saturated rings. The Kier molecular flexibility index (Phi) is 5.49. The zero-order chi connectivity index (χ0) is 20.5. The molecule has 7 nitrogen and oxygen atoms in total. The second-order valence-corrected chi connectivity index (χ2v) is 7.95. The highest BCUT2D eigenvalue weighted by Crippen LogP contribution is 2.32. The van der Waals surface area contributed by atoms with E-state index in [0.29, 0.717) is 31.8 Å². The van der Waals surface area contributed by atoms with Crippen molar-refractivity contribution in [3.05, 3.63) is 51.2 Å². The van der Waals surface area contributed by atoms with Gasteiger partial charge in [-0.25, -0.2) is 0 Å². The van der Waals surface area contributed by atoms with E-state index in [4.69, 9.17) is 37.4 Å². The highest BCUT2D eigenvalue weighted by atomic mass is 35.5. The normalized spacial score (nSPS) is 16.1. The van der Waals surface area contributed by atoms with E-state index in [9.17, 15) is 9.59 Å². The maximum Gasteiger partial charge on any atom is 0.325 e. The number of hydrogen-bond acceptors (Lipinski definition) is 6. The van der Waals surface area contributed by atoms with Crippen molar-refractivity contribution in [2.45, 2.75) is 12.6 Å². The number of methoxy groups -OCH3 is 1. The Morgan fingerprint density at radius 3 is 2.79 bits per heavy atom. The van der Waals surface area contributed by atoms with Crippen molar-refractivity contribution in [2.24, 2.45) is 4.99 Å². The Labute approximate surface area is 179 Å². The summed E-state index contributed by atoms with van der Waals surface area (Å²) >= 11 is 13.6. The van der Waals surface area contributed by atoms with Gasteiger partial charge in [-0.1, -0.05) is 46.7 Å². The number of aromatic nitrogens is 1. The summed E-state index contributed by atoms with van der Waals surface area (Å²) in [4.78, 5) is 29.1. The van der Waals surface area contributed by atoms with Gasteiger partial charge in [0.2, 0.25) is 6.10 Å². The van der Waals surface area contributed by atoms with Gasteiger partial charge < -0.3 is 18.8 Å². The van der Waals surface area contributed by atoms with E-state index in [-0.39, 0.29) is 18.0 Å². The molecule has 2 heterocycles. The van der Waals surface area contributed by atoms with Gasteiger partial charge in [0.15, 0.2) is 16.3 Å². The first-order valence-corrected chi connectivity index (χ1v) is 10.1. The number of para-hydroxylation sites is 2. The van der Waals surface area contributed by atoms with Crippen LogP contribution in [0.15, 0.2) is 41.4 Å². The monoisotopic (exact) mass is 452 g/mol. The molecule has 3 aromatic rings. The lowest BCUT2D eigenvalue weighted by molar-refractivity contribution is -0.141. The van der Waals surface area contributed by atoms with E-state index in [1.807, 2.05) is 6.07 Å². The minimum atomic E-state index is -0.902. The van der Waals surface area contributed by atoms with Gasteiger partial charge in [0.1, 0.15) is 13.2 Å². The van der Waals surface area contributed by atoms with Crippen LogP contribution < -0.4 is 14.3 Å². The Balaban J connectivity index is 1.75. The number of fused-ring (bicyclic) bond motifs is 2. The minimum Gasteiger partial charge on any atom is -0.485 e. The van der Waals surface area contributed by atoms with Crippen LogP contribution in [0.4, 0.5) is 0 Å². The second kappa shape index (κ2) is 8.06. The maximum atomic E-state index is 12.8. The van der Waals surface area contributed by atoms with Crippen LogP contribution >= 0.6 is 34.5 Å². The van der Waals surface area contributed by atoms with Gasteiger partial charge in [0.25, 0.3) is 5.91 Å². The van der Waals surface area contributed by atoms with E-state index in [0.717, 1.165) is 0 Å². The third kappa shape index (κ3) is 3.96. The van der Waals surface area contributed by atoms with Crippen LogP contribution in [0, 0.1) is 0 Å². The van der Waals surface area contributed by atoms with Gasteiger partial charge in [-0.05, 0) is 24.3 Å². The average Bonchev–Trinajstić information content (AvgIpc) is 3.04. The highest BCUT2D eigenvalue weighted by molar-refractivity contribution is 7.16. The fraction of sp³-hybridized carbons (Fsp3) is 0.211. The average molecular weight is 453 g/mol. The van der Waals surface area contributed by atoms with Crippen molar-refractivity contribution >= 4 is 56.6 Å². The quantitative estimate of drug-likeness (QED) is 0.568. The molecule has 0 saturated carbocycles. The molecule has 1 aromatic heterocycles. The molecule has 0 spiro atoms. The molecule has 0 saturated heterocycles. The summed E-state index contributed by atoms with van der Waals surface area (Å²) in [5.74, 6) is 0.00387. The number of hydrogen-bond donors (Lipinski definition) is 0. The van der Waals surface area contributed by atoms with Crippen molar-refractivity contribution in [3.63, 3.8) is 0 Å². The van der Waals surface area contributed by atoms with E-state index in [1.54, 1.807) is 30.3 Å². The summed E-state index contributed by atoms with van der Waals surface area (Å²) in [6, 6.07) is 10.3. The van der Waals surface area contributed by atoms with Gasteiger partial charge in [-0.15, -0.1) is 0 Å². The molecule has 0 radical (unpaired) electrons. The molecule has 10 heteroatoms. The van der Waals surface area contributed by atoms with Crippen LogP contribution in [0.1, 0.15) is 0 Å². The minimum absolute atomic E-state index is 0.0355. The molecule has 29 heavy (non-hydrogen) atoms. The molecule has 1 aliphatic heterocycles. The largest absolute Gasteiger partial charge is 0.485 e. The molecule has 4 rings (SSSR count). The van der Waals surface area contributed by atoms with Crippen LogP contribution in [-0.2, 0) is 20.9 Å². The summed E-state index contributed by atoms with van der Waals surface area (Å²) in [6.45, 7) is -0.122. The number of carbonyl (C=O) groups is 2. The zero-order valence-corrected chi connectivity index (χ0v) is 17.4. The van der Waals surface area contributed by atoms with E-state index in [1.165, 1.54) is 23.0 Å². The standard InChI is InChI=1S/C19H14Cl2N2O5S/c1-26-16(24)8-23-17-11(21)6-10(20)7-15(17)29-19(23)22-18(25)14-9-27-12-4-2-3-5-13(12)28-14/h2-7,14H,8-9H2,1H3. The Bertz CT molecular complexity index is 1190. The first-order valence-electron chi connectivity index (χ1n) is 8.48. The van der Waals surface area contributed by atoms with Crippen molar-refractivity contribution in [3.8, 4) is 11.5 Å². The predicted octanol–water partition coefficient (Wildman–Crippen LogP) is 3.45. The smallest absolute Gasteiger partial charge is 0.325 e. The molecular weight excluding hydrogens is 439 g/mol. The number of ether oxygens (including phenoxy) is 3. The number of nitrogens with zero attached hydrogens (tertiary/aromatic N) is 2. The second-order valence-electron chi connectivity index (χ2n) is 6.10. The summed E-state index contributed by atoms with van der Waals surface area (Å²) in [5.41, 5.74) is 0.546. The number of amides is 1. The zero-order valence-electron chi connectivity index (χ0n) is 15.1. The molecule has 1 amide bonds. The van der Waals surface area contributed by atoms with Crippen molar-refractivity contribution in [2.75, 3.05) is 13.7 Å². The lowest BCUT2D eigenvalue weighted by Gasteiger charge is -2.23. The van der Waals surface area contributed by atoms with Crippen LogP contribution in [0.25, 0.3) is 10.2 Å². The fourth-order valence-corrected chi connectivity index (χ4v) is 4.68. The van der Waals surface area contributed by atoms with Gasteiger partial charge in [0.05, 0.1) is 22.3 Å². The molecule has 150 valence electrons. The molecular formula is C19H14Cl2N2O5S. The summed E-state index contributed by atoms with van der Waals surface area (Å²) < 4.78 is 18.3. The van der Waals surface area contributed by atoms with Gasteiger partial charge in [0, 0.05) is 5.02 Å². The predicted molar refractivity (Wildman–Crippen MR) is 109 cm³/mol. The number of rotatable bonds is 3. The summed E-state index contributed by atoms with van der Waals surface area (Å²) in [7, 11) is 1.28. The van der Waals surface area contributed by atoms with Gasteiger partial charge in [-0.2, -0.15) is 4.99 Å². The molecule has 0 aliphatic carbocycles. The van der Waals surface area contributed by atoms with Crippen molar-refractivity contribution < 1.29 is 23.8 Å². The highest BCUT2D eigenvalue weighted by Gasteiger charge is 2.27. The topological polar surface area (TPSA) is 79.1 Å². The van der Waals surface area contributed by atoms with Gasteiger partial charge >= 0.3 is 5.97 Å². The van der Waals surface area contributed by atoms with Crippen LogP contribution in [0.3, 0.4) is 0 Å². The van der Waals surface area contributed by atoms with E-state index >= 15 is 0 Å². The molecule has 1 atom stereocenters. The number of halogens is 2. The third-order valence-corrected chi connectivity index (χ3v) is 5.73. The van der Waals surface area contributed by atoms with Crippen LogP contribution in [0.2, 0.25) is 10.0 Å². The molecule has 0 N–H and O–H groups in total. The first kappa shape index (κ1) is 19.8. The van der Waals surface area contributed by atoms with Crippen molar-refractivity contribution in [1.29, 1.82) is 0 Å². The van der Waals surface area contributed by atoms with E-state index < -0.39 is 18.0 Å². The van der Waals surface area contributed by atoms with Crippen molar-refractivity contribution in [1.82, 2.24) is 4.57 Å². The Morgan fingerprint density at radius 2 is 2.03 bits per heavy atom. The molecule has 1 unspecified atom stereocenters. The lowest BCUT2D eigenvalue weighted by atomic mass is 10.2.